The number of aliphatic carboxylic acids is 1. The largest absolute Gasteiger partial charge is 0.490 e. The first kappa shape index (κ1) is 19.2. The number of H-pyrrole nitrogens is 1. The average Bonchev–Trinajstić information content (AvgIpc) is 3.02. The molecule has 6 heteroatoms. The van der Waals surface area contributed by atoms with Gasteiger partial charge in [0.05, 0.1) is 28.3 Å². The topological polar surface area (TPSA) is 62.3 Å². The third-order valence-electron chi connectivity index (χ3n) is 5.27. The Morgan fingerprint density at radius 3 is 2.57 bits per heavy atom. The van der Waals surface area contributed by atoms with Crippen LogP contribution in [-0.2, 0) is 11.2 Å². The van der Waals surface area contributed by atoms with E-state index < -0.39 is 5.97 Å². The van der Waals surface area contributed by atoms with Crippen LogP contribution in [0.2, 0.25) is 10.0 Å². The van der Waals surface area contributed by atoms with Gasteiger partial charge in [0.2, 0.25) is 0 Å². The van der Waals surface area contributed by atoms with E-state index in [4.69, 9.17) is 27.9 Å². The summed E-state index contributed by atoms with van der Waals surface area (Å²) in [5, 5.41) is 11.2. The lowest BCUT2D eigenvalue weighted by atomic mass is 9.98. The average molecular weight is 418 g/mol. The number of nitrogens with one attached hydrogen (secondary N) is 1. The third kappa shape index (κ3) is 3.98. The van der Waals surface area contributed by atoms with Gasteiger partial charge in [0, 0.05) is 10.9 Å². The molecule has 1 aliphatic carbocycles. The van der Waals surface area contributed by atoms with Crippen LogP contribution in [-0.4, -0.2) is 22.2 Å². The van der Waals surface area contributed by atoms with Crippen LogP contribution in [0, 0.1) is 0 Å². The molecule has 0 saturated heterocycles. The number of carboxylic acid groups (broad SMARTS) is 1. The van der Waals surface area contributed by atoms with Crippen LogP contribution in [0.5, 0.6) is 5.75 Å². The molecule has 2 N–H and O–H groups in total. The van der Waals surface area contributed by atoms with Gasteiger partial charge >= 0.3 is 5.97 Å². The highest BCUT2D eigenvalue weighted by molar-refractivity contribution is 6.42. The lowest BCUT2D eigenvalue weighted by molar-refractivity contribution is -0.136. The fourth-order valence-electron chi connectivity index (χ4n) is 3.91. The Labute approximate surface area is 173 Å². The Hall–Kier alpha value is -2.17. The number of ether oxygens (including phenoxy) is 1. The summed E-state index contributed by atoms with van der Waals surface area (Å²) in [4.78, 5) is 14.9. The highest BCUT2D eigenvalue weighted by atomic mass is 35.5. The van der Waals surface area contributed by atoms with E-state index in [1.54, 1.807) is 12.1 Å². The SMILES string of the molecule is O=C(O)Cc1c(-c2ccc(Cl)c(Cl)c2)[nH]c2ccc(OC3CCCCC3)cc12. The van der Waals surface area contributed by atoms with Crippen LogP contribution in [0.25, 0.3) is 22.2 Å². The second-order valence-electron chi connectivity index (χ2n) is 7.26. The van der Waals surface area contributed by atoms with Crippen molar-refractivity contribution < 1.29 is 14.6 Å². The summed E-state index contributed by atoms with van der Waals surface area (Å²) >= 11 is 12.2. The maximum absolute atomic E-state index is 11.5. The van der Waals surface area contributed by atoms with Crippen LogP contribution >= 0.6 is 23.2 Å². The van der Waals surface area contributed by atoms with Gasteiger partial charge in [-0.1, -0.05) is 35.7 Å². The molecule has 1 heterocycles. The Bertz CT molecular complexity index is 1020. The van der Waals surface area contributed by atoms with Crippen LogP contribution < -0.4 is 4.74 Å². The fraction of sp³-hybridized carbons (Fsp3) is 0.318. The van der Waals surface area contributed by atoms with E-state index in [1.807, 2.05) is 24.3 Å². The molecule has 4 rings (SSSR count). The van der Waals surface area contributed by atoms with Crippen molar-refractivity contribution in [1.82, 2.24) is 4.98 Å². The van der Waals surface area contributed by atoms with Gasteiger partial charge < -0.3 is 14.8 Å². The number of carbonyl (C=O) groups is 1. The van der Waals surface area contributed by atoms with E-state index in [0.717, 1.165) is 46.3 Å². The molecule has 0 amide bonds. The zero-order valence-corrected chi connectivity index (χ0v) is 16.8. The normalized spacial score (nSPS) is 15.1. The smallest absolute Gasteiger partial charge is 0.307 e. The Morgan fingerprint density at radius 2 is 1.86 bits per heavy atom. The van der Waals surface area contributed by atoms with Crippen molar-refractivity contribution in [2.24, 2.45) is 0 Å². The van der Waals surface area contributed by atoms with E-state index >= 15 is 0 Å². The first-order valence-electron chi connectivity index (χ1n) is 9.50. The third-order valence-corrected chi connectivity index (χ3v) is 6.01. The number of hydrogen-bond donors (Lipinski definition) is 2. The summed E-state index contributed by atoms with van der Waals surface area (Å²) in [7, 11) is 0. The number of hydrogen-bond acceptors (Lipinski definition) is 2. The van der Waals surface area contributed by atoms with Gasteiger partial charge in [0.25, 0.3) is 0 Å². The second kappa shape index (κ2) is 8.06. The maximum Gasteiger partial charge on any atom is 0.307 e. The van der Waals surface area contributed by atoms with E-state index in [9.17, 15) is 9.90 Å². The number of fused-ring (bicyclic) bond motifs is 1. The molecule has 0 unspecified atom stereocenters. The zero-order valence-electron chi connectivity index (χ0n) is 15.3. The summed E-state index contributed by atoms with van der Waals surface area (Å²) in [6.45, 7) is 0. The van der Waals surface area contributed by atoms with Gasteiger partial charge in [0.15, 0.2) is 0 Å². The number of benzene rings is 2. The van der Waals surface area contributed by atoms with Crippen molar-refractivity contribution in [3.05, 3.63) is 52.0 Å². The molecular weight excluding hydrogens is 397 g/mol. The number of rotatable bonds is 5. The van der Waals surface area contributed by atoms with Crippen molar-refractivity contribution in [3.8, 4) is 17.0 Å². The van der Waals surface area contributed by atoms with Gasteiger partial charge in [-0.2, -0.15) is 0 Å². The number of carboxylic acids is 1. The quantitative estimate of drug-likeness (QED) is 0.499. The van der Waals surface area contributed by atoms with Gasteiger partial charge in [-0.05, 0) is 67.1 Å². The summed E-state index contributed by atoms with van der Waals surface area (Å²) in [6, 6.07) is 11.1. The molecule has 3 aromatic rings. The minimum atomic E-state index is -0.888. The molecule has 0 radical (unpaired) electrons. The van der Waals surface area contributed by atoms with Gasteiger partial charge in [0.1, 0.15) is 5.75 Å². The highest BCUT2D eigenvalue weighted by Gasteiger charge is 2.19. The van der Waals surface area contributed by atoms with Crippen molar-refractivity contribution >= 4 is 40.1 Å². The predicted octanol–water partition coefficient (Wildman–Crippen LogP) is 6.48. The maximum atomic E-state index is 11.5. The monoisotopic (exact) mass is 417 g/mol. The Morgan fingerprint density at radius 1 is 1.07 bits per heavy atom. The molecule has 28 heavy (non-hydrogen) atoms. The molecule has 1 aromatic heterocycles. The van der Waals surface area contributed by atoms with E-state index in [0.29, 0.717) is 10.0 Å². The molecular formula is C22H21Cl2NO3. The lowest BCUT2D eigenvalue weighted by Gasteiger charge is -2.23. The minimum Gasteiger partial charge on any atom is -0.490 e. The summed E-state index contributed by atoms with van der Waals surface area (Å²) in [5.41, 5.74) is 3.13. The van der Waals surface area contributed by atoms with E-state index in [-0.39, 0.29) is 12.5 Å². The molecule has 4 nitrogen and oxygen atoms in total. The number of halogens is 2. The summed E-state index contributed by atoms with van der Waals surface area (Å²) in [6.07, 6.45) is 5.95. The molecule has 2 aromatic carbocycles. The van der Waals surface area contributed by atoms with Crippen LogP contribution in [0.4, 0.5) is 0 Å². The van der Waals surface area contributed by atoms with Gasteiger partial charge in [-0.25, -0.2) is 0 Å². The first-order chi connectivity index (χ1) is 13.5. The number of aromatic amines is 1. The van der Waals surface area contributed by atoms with Crippen molar-refractivity contribution in [2.45, 2.75) is 44.6 Å². The molecule has 1 aliphatic rings. The minimum absolute atomic E-state index is 0.0948. The molecule has 1 fully saturated rings. The molecule has 1 saturated carbocycles. The highest BCUT2D eigenvalue weighted by Crippen LogP contribution is 2.36. The lowest BCUT2D eigenvalue weighted by Crippen LogP contribution is -2.19. The van der Waals surface area contributed by atoms with E-state index in [2.05, 4.69) is 4.98 Å². The summed E-state index contributed by atoms with van der Waals surface area (Å²) < 4.78 is 6.17. The first-order valence-corrected chi connectivity index (χ1v) is 10.3. The molecule has 0 bridgehead atoms. The molecule has 0 spiro atoms. The molecule has 0 aliphatic heterocycles. The Balaban J connectivity index is 1.76. The number of aromatic nitrogens is 1. The van der Waals surface area contributed by atoms with Crippen LogP contribution in [0.15, 0.2) is 36.4 Å². The van der Waals surface area contributed by atoms with Crippen LogP contribution in [0.3, 0.4) is 0 Å². The Kier molecular flexibility index (Phi) is 5.51. The van der Waals surface area contributed by atoms with Gasteiger partial charge in [-0.3, -0.25) is 4.79 Å². The van der Waals surface area contributed by atoms with Crippen LogP contribution in [0.1, 0.15) is 37.7 Å². The molecule has 146 valence electrons. The van der Waals surface area contributed by atoms with Crippen molar-refractivity contribution in [3.63, 3.8) is 0 Å². The summed E-state index contributed by atoms with van der Waals surface area (Å²) in [5.74, 6) is -0.105. The van der Waals surface area contributed by atoms with E-state index in [1.165, 1.54) is 19.3 Å². The van der Waals surface area contributed by atoms with Crippen molar-refractivity contribution in [2.75, 3.05) is 0 Å². The zero-order chi connectivity index (χ0) is 19.7. The second-order valence-corrected chi connectivity index (χ2v) is 8.08. The van der Waals surface area contributed by atoms with Gasteiger partial charge in [-0.15, -0.1) is 0 Å². The predicted molar refractivity (Wildman–Crippen MR) is 113 cm³/mol. The fourth-order valence-corrected chi connectivity index (χ4v) is 4.21. The standard InChI is InChI=1S/C22H21Cl2NO3/c23-18-8-6-13(10-19(18)24)22-17(12-21(26)27)16-11-15(7-9-20(16)25-22)28-14-4-2-1-3-5-14/h6-11,14,25H,1-5,12H2,(H,26,27). The van der Waals surface area contributed by atoms with Crippen molar-refractivity contribution in [1.29, 1.82) is 0 Å². The molecule has 0 atom stereocenters.